The van der Waals surface area contributed by atoms with Gasteiger partial charge < -0.3 is 9.47 Å². The largest absolute Gasteiger partial charge is 0.465 e. The average molecular weight is 365 g/mol. The Morgan fingerprint density at radius 3 is 2.63 bits per heavy atom. The molecule has 4 nitrogen and oxygen atoms in total. The lowest BCUT2D eigenvalue weighted by molar-refractivity contribution is 0.0600. The van der Waals surface area contributed by atoms with Crippen molar-refractivity contribution in [3.63, 3.8) is 0 Å². The molecule has 0 radical (unpaired) electrons. The Bertz CT molecular complexity index is 734. The number of carbonyl (C=O) groups is 1. The third-order valence-corrected chi connectivity index (χ3v) is 4.74. The fourth-order valence-electron chi connectivity index (χ4n) is 3.30. The Hall–Kier alpha value is -2.43. The fourth-order valence-corrected chi connectivity index (χ4v) is 3.30. The average Bonchev–Trinajstić information content (AvgIpc) is 3.22. The molecule has 0 amide bonds. The van der Waals surface area contributed by atoms with Crippen LogP contribution in [0.5, 0.6) is 0 Å². The van der Waals surface area contributed by atoms with E-state index in [1.165, 1.54) is 18.2 Å². The third-order valence-electron chi connectivity index (χ3n) is 4.74. The standard InChI is InChI=1S/C23H27NO3/c1-26-23(25)21-13-11-20(12-14-21)17-24(18-22-10-6-16-27-22)15-5-9-19-7-3-2-4-8-19/h2-5,7-9,11-14,22H,6,10,15-18H2,1H3. The summed E-state index contributed by atoms with van der Waals surface area (Å²) in [6, 6.07) is 18.0. The van der Waals surface area contributed by atoms with E-state index in [0.29, 0.717) is 11.7 Å². The number of hydrogen-bond donors (Lipinski definition) is 0. The molecule has 0 N–H and O–H groups in total. The van der Waals surface area contributed by atoms with Gasteiger partial charge >= 0.3 is 5.97 Å². The van der Waals surface area contributed by atoms with E-state index in [1.807, 2.05) is 42.5 Å². The summed E-state index contributed by atoms with van der Waals surface area (Å²) < 4.78 is 10.6. The van der Waals surface area contributed by atoms with Crippen molar-refractivity contribution in [2.75, 3.05) is 26.8 Å². The lowest BCUT2D eigenvalue weighted by atomic mass is 10.1. The molecule has 2 aromatic carbocycles. The predicted octanol–water partition coefficient (Wildman–Crippen LogP) is 4.17. The molecule has 0 aromatic heterocycles. The van der Waals surface area contributed by atoms with Gasteiger partial charge in [-0.3, -0.25) is 4.90 Å². The van der Waals surface area contributed by atoms with Crippen LogP contribution in [0.25, 0.3) is 6.08 Å². The molecule has 142 valence electrons. The Morgan fingerprint density at radius 1 is 1.19 bits per heavy atom. The molecule has 2 aromatic rings. The maximum absolute atomic E-state index is 11.6. The van der Waals surface area contributed by atoms with E-state index in [0.717, 1.165) is 39.1 Å². The van der Waals surface area contributed by atoms with Crippen LogP contribution < -0.4 is 0 Å². The zero-order chi connectivity index (χ0) is 18.9. The first-order valence-corrected chi connectivity index (χ1v) is 9.47. The molecule has 0 aliphatic carbocycles. The van der Waals surface area contributed by atoms with Crippen molar-refractivity contribution in [2.45, 2.75) is 25.5 Å². The van der Waals surface area contributed by atoms with E-state index < -0.39 is 0 Å². The molecule has 1 atom stereocenters. The maximum atomic E-state index is 11.6. The zero-order valence-corrected chi connectivity index (χ0v) is 15.8. The molecule has 1 aliphatic heterocycles. The van der Waals surface area contributed by atoms with E-state index in [1.54, 1.807) is 0 Å². The van der Waals surface area contributed by atoms with E-state index in [9.17, 15) is 4.79 Å². The van der Waals surface area contributed by atoms with Crippen LogP contribution >= 0.6 is 0 Å². The van der Waals surface area contributed by atoms with Gasteiger partial charge in [0.2, 0.25) is 0 Å². The number of methoxy groups -OCH3 is 1. The second-order valence-corrected chi connectivity index (χ2v) is 6.83. The summed E-state index contributed by atoms with van der Waals surface area (Å²) in [5.41, 5.74) is 2.96. The fraction of sp³-hybridized carbons (Fsp3) is 0.348. The molecule has 4 heteroatoms. The van der Waals surface area contributed by atoms with Gasteiger partial charge in [-0.2, -0.15) is 0 Å². The van der Waals surface area contributed by atoms with Crippen LogP contribution in [0.4, 0.5) is 0 Å². The van der Waals surface area contributed by atoms with Gasteiger partial charge in [0.15, 0.2) is 0 Å². The monoisotopic (exact) mass is 365 g/mol. The van der Waals surface area contributed by atoms with Crippen LogP contribution in [-0.4, -0.2) is 43.8 Å². The van der Waals surface area contributed by atoms with Crippen LogP contribution in [0, 0.1) is 0 Å². The molecule has 0 bridgehead atoms. The Morgan fingerprint density at radius 2 is 1.96 bits per heavy atom. The van der Waals surface area contributed by atoms with E-state index in [-0.39, 0.29) is 5.97 Å². The number of ether oxygens (including phenoxy) is 2. The van der Waals surface area contributed by atoms with Crippen LogP contribution in [0.1, 0.15) is 34.3 Å². The number of nitrogens with zero attached hydrogens (tertiary/aromatic N) is 1. The van der Waals surface area contributed by atoms with Gasteiger partial charge in [0.05, 0.1) is 18.8 Å². The third kappa shape index (κ3) is 6.05. The quantitative estimate of drug-likeness (QED) is 0.658. The van der Waals surface area contributed by atoms with Crippen molar-refractivity contribution >= 4 is 12.0 Å². The predicted molar refractivity (Wildman–Crippen MR) is 108 cm³/mol. The first kappa shape index (κ1) is 19.3. The van der Waals surface area contributed by atoms with Crippen molar-refractivity contribution in [2.24, 2.45) is 0 Å². The van der Waals surface area contributed by atoms with Gasteiger partial charge in [-0.1, -0.05) is 54.6 Å². The van der Waals surface area contributed by atoms with Crippen LogP contribution in [0.2, 0.25) is 0 Å². The Balaban J connectivity index is 1.63. The number of hydrogen-bond acceptors (Lipinski definition) is 4. The minimum Gasteiger partial charge on any atom is -0.465 e. The molecule has 1 saturated heterocycles. The Kier molecular flexibility index (Phi) is 7.19. The molecule has 0 saturated carbocycles. The lowest BCUT2D eigenvalue weighted by Gasteiger charge is -2.24. The first-order valence-electron chi connectivity index (χ1n) is 9.47. The molecule has 27 heavy (non-hydrogen) atoms. The highest BCUT2D eigenvalue weighted by Gasteiger charge is 2.19. The summed E-state index contributed by atoms with van der Waals surface area (Å²) in [7, 11) is 1.40. The van der Waals surface area contributed by atoms with Gasteiger partial charge in [0.1, 0.15) is 0 Å². The van der Waals surface area contributed by atoms with Crippen molar-refractivity contribution in [1.29, 1.82) is 0 Å². The summed E-state index contributed by atoms with van der Waals surface area (Å²) >= 11 is 0. The van der Waals surface area contributed by atoms with Gasteiger partial charge in [0, 0.05) is 26.2 Å². The van der Waals surface area contributed by atoms with Crippen LogP contribution in [0.15, 0.2) is 60.7 Å². The molecule has 1 aliphatic rings. The number of rotatable bonds is 8. The normalized spacial score (nSPS) is 16.9. The molecular formula is C23H27NO3. The van der Waals surface area contributed by atoms with Crippen molar-refractivity contribution in [3.05, 3.63) is 77.4 Å². The Labute approximate surface area is 161 Å². The number of carbonyl (C=O) groups excluding carboxylic acids is 1. The van der Waals surface area contributed by atoms with E-state index in [4.69, 9.17) is 9.47 Å². The minimum absolute atomic E-state index is 0.302. The summed E-state index contributed by atoms with van der Waals surface area (Å²) in [5, 5.41) is 0. The molecule has 1 heterocycles. The van der Waals surface area contributed by atoms with Crippen LogP contribution in [-0.2, 0) is 16.0 Å². The van der Waals surface area contributed by atoms with Gasteiger partial charge in [0.25, 0.3) is 0 Å². The minimum atomic E-state index is -0.302. The van der Waals surface area contributed by atoms with Gasteiger partial charge in [-0.05, 0) is 36.1 Å². The molecule has 3 rings (SSSR count). The molecule has 1 fully saturated rings. The molecule has 0 spiro atoms. The number of benzene rings is 2. The van der Waals surface area contributed by atoms with Crippen molar-refractivity contribution < 1.29 is 14.3 Å². The second kappa shape index (κ2) is 10.0. The smallest absolute Gasteiger partial charge is 0.337 e. The summed E-state index contributed by atoms with van der Waals surface area (Å²) in [6.45, 7) is 3.46. The van der Waals surface area contributed by atoms with E-state index in [2.05, 4.69) is 29.2 Å². The summed E-state index contributed by atoms with van der Waals surface area (Å²) in [5.74, 6) is -0.302. The molecular weight excluding hydrogens is 338 g/mol. The lowest BCUT2D eigenvalue weighted by Crippen LogP contribution is -2.32. The summed E-state index contributed by atoms with van der Waals surface area (Å²) in [6.07, 6.45) is 6.94. The summed E-state index contributed by atoms with van der Waals surface area (Å²) in [4.78, 5) is 14.0. The maximum Gasteiger partial charge on any atom is 0.337 e. The molecule has 1 unspecified atom stereocenters. The van der Waals surface area contributed by atoms with Crippen LogP contribution in [0.3, 0.4) is 0 Å². The van der Waals surface area contributed by atoms with Crippen molar-refractivity contribution in [3.8, 4) is 0 Å². The van der Waals surface area contributed by atoms with Gasteiger partial charge in [-0.25, -0.2) is 4.79 Å². The zero-order valence-electron chi connectivity index (χ0n) is 15.8. The van der Waals surface area contributed by atoms with Crippen molar-refractivity contribution in [1.82, 2.24) is 4.90 Å². The van der Waals surface area contributed by atoms with E-state index >= 15 is 0 Å². The number of esters is 1. The SMILES string of the molecule is COC(=O)c1ccc(CN(CC=Cc2ccccc2)CC2CCCO2)cc1. The topological polar surface area (TPSA) is 38.8 Å². The highest BCUT2D eigenvalue weighted by molar-refractivity contribution is 5.89. The first-order chi connectivity index (χ1) is 13.2. The van der Waals surface area contributed by atoms with Gasteiger partial charge in [-0.15, -0.1) is 0 Å². The second-order valence-electron chi connectivity index (χ2n) is 6.83. The highest BCUT2D eigenvalue weighted by atomic mass is 16.5. The highest BCUT2D eigenvalue weighted by Crippen LogP contribution is 2.16.